The van der Waals surface area contributed by atoms with Gasteiger partial charge in [-0.1, -0.05) is 0 Å². The minimum absolute atomic E-state index is 1.09. The van der Waals surface area contributed by atoms with Crippen LogP contribution in [0.3, 0.4) is 0 Å². The molecular formula is C5H8Cl4O2Ti. The fraction of sp³-hybridized carbons (Fsp3) is 0.800. The molecule has 0 unspecified atom stereocenters. The van der Waals surface area contributed by atoms with Gasteiger partial charge in [-0.2, -0.15) is 0 Å². The third-order valence-corrected chi connectivity index (χ3v) is 1.90. The number of rotatable bonds is 3. The summed E-state index contributed by atoms with van der Waals surface area (Å²) in [6.07, 6.45) is -2.63. The molecule has 0 amide bonds. The van der Waals surface area contributed by atoms with Crippen LogP contribution < -0.4 is 0 Å². The van der Waals surface area contributed by atoms with Crippen LogP contribution in [0.1, 0.15) is 0 Å². The van der Waals surface area contributed by atoms with Crippen LogP contribution in [-0.4, -0.2) is 36.9 Å². The molecule has 2 nitrogen and oxygen atoms in total. The van der Waals surface area contributed by atoms with Crippen molar-refractivity contribution in [1.82, 2.24) is 0 Å². The molecule has 0 aromatic rings. The third kappa shape index (κ3) is 7.10. The second kappa shape index (κ2) is 9.23. The van der Waals surface area contributed by atoms with Crippen molar-refractivity contribution < 1.29 is 30.2 Å². The van der Waals surface area contributed by atoms with E-state index in [1.54, 1.807) is 20.0 Å². The van der Waals surface area contributed by atoms with E-state index in [1.165, 1.54) is 0 Å². The number of hydrogen-bond donors (Lipinski definition) is 2. The van der Waals surface area contributed by atoms with Crippen LogP contribution in [0.15, 0.2) is 0 Å². The van der Waals surface area contributed by atoms with Gasteiger partial charge in [0.2, 0.25) is 0 Å². The number of aliphatic hydroxyl groups excluding tert-OH is 2. The summed E-state index contributed by atoms with van der Waals surface area (Å²) in [5.74, 6) is 0. The van der Waals surface area contributed by atoms with Crippen molar-refractivity contribution in [3.05, 3.63) is 0 Å². The first-order chi connectivity index (χ1) is 5.46. The zero-order chi connectivity index (χ0) is 10.3. The molecule has 0 fully saturated rings. The Morgan fingerprint density at radius 3 is 1.08 bits per heavy atom. The van der Waals surface area contributed by atoms with Gasteiger partial charge in [-0.05, 0) is 0 Å². The molecule has 0 saturated heterocycles. The average molecular weight is 290 g/mol. The quantitative estimate of drug-likeness (QED) is 0.607. The molecule has 12 heavy (non-hydrogen) atoms. The predicted octanol–water partition coefficient (Wildman–Crippen LogP) is 1.28. The van der Waals surface area contributed by atoms with E-state index >= 15 is 0 Å². The molecule has 0 aliphatic rings. The molecule has 2 atom stereocenters. The van der Waals surface area contributed by atoms with Crippen LogP contribution in [0.2, 0.25) is 0 Å². The van der Waals surface area contributed by atoms with Crippen LogP contribution in [0.25, 0.3) is 0 Å². The van der Waals surface area contributed by atoms with Gasteiger partial charge >= 0.3 is 24.8 Å². The number of hydrogen-bond acceptors (Lipinski definition) is 2. The van der Waals surface area contributed by atoms with E-state index in [4.69, 9.17) is 56.6 Å². The number of halogens is 4. The average Bonchev–Trinajstić information content (AvgIpc) is 2.05. The Balaban J connectivity index is 0. The molecule has 2 N–H and O–H groups in total. The van der Waals surface area contributed by atoms with Gasteiger partial charge in [0.05, 0.1) is 0 Å². The standard InChI is InChI=1S/C4H6Cl4O2.CH2.Ti/c5-3(6)1(9)2(10)4(7)8;;/h1-4,9-10H;1H2;/t1-,2-;;/m0../s1. The summed E-state index contributed by atoms with van der Waals surface area (Å²) in [4.78, 5) is 1.07. The molecule has 0 saturated carbocycles. The molecule has 0 aliphatic carbocycles. The number of aliphatic hydroxyl groups is 2. The van der Waals surface area contributed by atoms with E-state index in [9.17, 15) is 0 Å². The van der Waals surface area contributed by atoms with E-state index in [0.29, 0.717) is 0 Å². The van der Waals surface area contributed by atoms with Crippen molar-refractivity contribution in [2.24, 2.45) is 0 Å². The van der Waals surface area contributed by atoms with Crippen LogP contribution in [0, 0.1) is 0 Å². The Morgan fingerprint density at radius 2 is 1.00 bits per heavy atom. The number of alkyl halides is 4. The summed E-state index contributed by atoms with van der Waals surface area (Å²) in [5, 5.41) is 17.8. The molecule has 72 valence electrons. The summed E-state index contributed by atoms with van der Waals surface area (Å²) in [7, 11) is 0. The van der Waals surface area contributed by atoms with E-state index in [1.807, 2.05) is 0 Å². The molecular weight excluding hydrogens is 282 g/mol. The van der Waals surface area contributed by atoms with Gasteiger partial charge < -0.3 is 10.2 Å². The van der Waals surface area contributed by atoms with Gasteiger partial charge in [-0.3, -0.25) is 0 Å². The summed E-state index contributed by atoms with van der Waals surface area (Å²) >= 11 is 22.6. The van der Waals surface area contributed by atoms with E-state index in [2.05, 4.69) is 4.82 Å². The van der Waals surface area contributed by atoms with Crippen LogP contribution >= 0.6 is 46.4 Å². The molecule has 0 rings (SSSR count). The minimum atomic E-state index is -1.32. The third-order valence-electron chi connectivity index (χ3n) is 0.866. The van der Waals surface area contributed by atoms with Gasteiger partial charge in [-0.15, -0.1) is 46.4 Å². The summed E-state index contributed by atoms with van der Waals surface area (Å²) in [6.45, 7) is 0. The van der Waals surface area contributed by atoms with Gasteiger partial charge in [-0.25, -0.2) is 0 Å². The fourth-order valence-corrected chi connectivity index (χ4v) is 0.894. The Morgan fingerprint density at radius 1 is 0.833 bits per heavy atom. The Kier molecular flexibility index (Phi) is 12.4. The topological polar surface area (TPSA) is 40.5 Å². The molecule has 0 spiro atoms. The molecule has 0 aliphatic heterocycles. The van der Waals surface area contributed by atoms with Crippen molar-refractivity contribution in [2.75, 3.05) is 0 Å². The van der Waals surface area contributed by atoms with Crippen molar-refractivity contribution in [1.29, 1.82) is 0 Å². The molecule has 0 aromatic heterocycles. The first-order valence-electron chi connectivity index (χ1n) is 2.74. The molecule has 0 aromatic carbocycles. The maximum absolute atomic E-state index is 8.88. The van der Waals surface area contributed by atoms with Gasteiger partial charge in [0.15, 0.2) is 0 Å². The fourth-order valence-electron chi connectivity index (χ4n) is 0.298. The normalized spacial score (nSPS) is 15.2. The van der Waals surface area contributed by atoms with E-state index < -0.39 is 21.9 Å². The monoisotopic (exact) mass is 288 g/mol. The van der Waals surface area contributed by atoms with E-state index in [-0.39, 0.29) is 0 Å². The zero-order valence-corrected chi connectivity index (χ0v) is 10.5. The molecule has 0 radical (unpaired) electrons. The second-order valence-corrected chi connectivity index (χ2v) is 3.98. The van der Waals surface area contributed by atoms with Crippen molar-refractivity contribution in [3.63, 3.8) is 0 Å². The molecule has 0 bridgehead atoms. The summed E-state index contributed by atoms with van der Waals surface area (Å²) in [5.41, 5.74) is 0. The van der Waals surface area contributed by atoms with Crippen LogP contribution in [-0.2, 0) is 20.0 Å². The van der Waals surface area contributed by atoms with Gasteiger partial charge in [0.1, 0.15) is 21.9 Å². The summed E-state index contributed by atoms with van der Waals surface area (Å²) in [6, 6.07) is 0. The van der Waals surface area contributed by atoms with Crippen molar-refractivity contribution >= 4 is 51.2 Å². The van der Waals surface area contributed by atoms with Crippen LogP contribution in [0.4, 0.5) is 0 Å². The van der Waals surface area contributed by atoms with Crippen LogP contribution in [0.5, 0.6) is 0 Å². The molecule has 7 heteroatoms. The van der Waals surface area contributed by atoms with Gasteiger partial charge in [0, 0.05) is 0 Å². The first-order valence-corrected chi connectivity index (χ1v) is 5.59. The maximum atomic E-state index is 8.88. The molecule has 0 heterocycles. The summed E-state index contributed by atoms with van der Waals surface area (Å²) < 4.78 is 0. The zero-order valence-electron chi connectivity index (χ0n) is 5.92. The second-order valence-electron chi connectivity index (χ2n) is 1.65. The SMILES string of the molecule is O[C@H](C(Cl)Cl)[C@H](O)C(Cl)Cl.[CH2]=[Ti]. The Labute approximate surface area is 103 Å². The first kappa shape index (κ1) is 16.1. The predicted molar refractivity (Wildman–Crippen MR) is 50.1 cm³/mol. The van der Waals surface area contributed by atoms with Crippen molar-refractivity contribution in [3.8, 4) is 0 Å². The van der Waals surface area contributed by atoms with Gasteiger partial charge in [0.25, 0.3) is 0 Å². The van der Waals surface area contributed by atoms with E-state index in [0.717, 1.165) is 0 Å². The Bertz CT molecular complexity index is 102. The Hall–Kier alpha value is 1.66. The van der Waals surface area contributed by atoms with Crippen molar-refractivity contribution in [2.45, 2.75) is 21.9 Å².